The fourth-order valence-electron chi connectivity index (χ4n) is 3.00. The van der Waals surface area contributed by atoms with Crippen LogP contribution in [0.5, 0.6) is 0 Å². The predicted octanol–water partition coefficient (Wildman–Crippen LogP) is 4.56. The minimum atomic E-state index is -0.865. The van der Waals surface area contributed by atoms with Gasteiger partial charge in [0.25, 0.3) is 5.91 Å². The summed E-state index contributed by atoms with van der Waals surface area (Å²) in [4.78, 5) is 29.7. The summed E-state index contributed by atoms with van der Waals surface area (Å²) in [6.45, 7) is 0.00765. The molecule has 0 aliphatic carbocycles. The molecule has 4 rings (SSSR count). The number of carbonyl (C=O) groups is 2. The van der Waals surface area contributed by atoms with Crippen LogP contribution in [0.1, 0.15) is 21.8 Å². The Bertz CT molecular complexity index is 1140. The fraction of sp³-hybridized carbons (Fsp3) is 0.125. The number of rotatable bonds is 9. The zero-order valence-electron chi connectivity index (χ0n) is 17.1. The number of hydrogen-bond donors (Lipinski definition) is 2. The minimum absolute atomic E-state index is 0.00765. The van der Waals surface area contributed by atoms with Crippen LogP contribution in [-0.2, 0) is 22.6 Å². The zero-order valence-corrected chi connectivity index (χ0v) is 17.9. The molecule has 0 bridgehead atoms. The Kier molecular flexibility index (Phi) is 6.94. The Morgan fingerprint density at radius 3 is 2.47 bits per heavy atom. The lowest BCUT2D eigenvalue weighted by molar-refractivity contribution is -0.147. The van der Waals surface area contributed by atoms with Gasteiger partial charge in [0.2, 0.25) is 0 Å². The van der Waals surface area contributed by atoms with Crippen molar-refractivity contribution in [2.45, 2.75) is 19.1 Å². The highest BCUT2D eigenvalue weighted by atomic mass is 32.1. The summed E-state index contributed by atoms with van der Waals surface area (Å²) in [6.07, 6.45) is 1.70. The lowest BCUT2D eigenvalue weighted by atomic mass is 10.1. The maximum absolute atomic E-state index is 12.8. The highest BCUT2D eigenvalue weighted by Crippen LogP contribution is 2.21. The number of anilines is 2. The molecule has 0 saturated heterocycles. The molecule has 0 saturated carbocycles. The van der Waals surface area contributed by atoms with Gasteiger partial charge in [-0.3, -0.25) is 4.79 Å². The summed E-state index contributed by atoms with van der Waals surface area (Å²) in [5, 5.41) is 8.44. The molecule has 0 aliphatic rings. The Balaban J connectivity index is 1.38. The van der Waals surface area contributed by atoms with Gasteiger partial charge in [-0.1, -0.05) is 48.5 Å². The summed E-state index contributed by atoms with van der Waals surface area (Å²) in [5.41, 5.74) is 2.45. The van der Waals surface area contributed by atoms with E-state index in [0.717, 1.165) is 11.3 Å². The molecule has 162 valence electrons. The van der Waals surface area contributed by atoms with Crippen LogP contribution in [0.3, 0.4) is 0 Å². The second kappa shape index (κ2) is 10.4. The smallest absolute Gasteiger partial charge is 0.329 e. The van der Waals surface area contributed by atoms with Crippen LogP contribution in [-0.4, -0.2) is 22.9 Å². The predicted molar refractivity (Wildman–Crippen MR) is 122 cm³/mol. The monoisotopic (exact) mass is 447 g/mol. The fourth-order valence-corrected chi connectivity index (χ4v) is 3.72. The van der Waals surface area contributed by atoms with E-state index in [2.05, 4.69) is 15.6 Å². The van der Waals surface area contributed by atoms with E-state index >= 15 is 0 Å². The van der Waals surface area contributed by atoms with Crippen molar-refractivity contribution in [2.24, 2.45) is 0 Å². The van der Waals surface area contributed by atoms with Crippen LogP contribution in [0, 0.1) is 0 Å². The molecule has 1 amide bonds. The van der Waals surface area contributed by atoms with Crippen molar-refractivity contribution in [3.05, 3.63) is 101 Å². The van der Waals surface area contributed by atoms with E-state index in [-0.39, 0.29) is 12.4 Å². The first-order valence-electron chi connectivity index (χ1n) is 9.99. The van der Waals surface area contributed by atoms with Crippen molar-refractivity contribution in [1.29, 1.82) is 0 Å². The molecule has 0 aliphatic heterocycles. The van der Waals surface area contributed by atoms with E-state index in [9.17, 15) is 9.59 Å². The van der Waals surface area contributed by atoms with Crippen LogP contribution in [0.4, 0.5) is 10.8 Å². The Morgan fingerprint density at radius 1 is 1.00 bits per heavy atom. The molecule has 2 aromatic heterocycles. The van der Waals surface area contributed by atoms with Crippen LogP contribution >= 0.6 is 11.3 Å². The number of hydrogen-bond acceptors (Lipinski definition) is 7. The molecule has 1 atom stereocenters. The maximum Gasteiger partial charge on any atom is 0.329 e. The van der Waals surface area contributed by atoms with E-state index in [1.165, 1.54) is 23.7 Å². The number of ether oxygens (including phenoxy) is 1. The Hall–Kier alpha value is -3.91. The SMILES string of the molecule is O=C(NC(Cc1ccccc1)C(=O)OCc1csc(Nc2ccccc2)n1)c1ccco1. The third-order valence-corrected chi connectivity index (χ3v) is 5.36. The van der Waals surface area contributed by atoms with Gasteiger partial charge in [-0.05, 0) is 29.8 Å². The maximum atomic E-state index is 12.8. The second-order valence-corrected chi connectivity index (χ2v) is 7.79. The molecule has 7 nitrogen and oxygen atoms in total. The van der Waals surface area contributed by atoms with Crippen LogP contribution < -0.4 is 10.6 Å². The lowest BCUT2D eigenvalue weighted by Gasteiger charge is -2.17. The quantitative estimate of drug-likeness (QED) is 0.365. The molecule has 2 heterocycles. The van der Waals surface area contributed by atoms with Crippen molar-refractivity contribution < 1.29 is 18.7 Å². The minimum Gasteiger partial charge on any atom is -0.459 e. The number of nitrogens with one attached hydrogen (secondary N) is 2. The van der Waals surface area contributed by atoms with Gasteiger partial charge in [-0.25, -0.2) is 9.78 Å². The second-order valence-electron chi connectivity index (χ2n) is 6.94. The van der Waals surface area contributed by atoms with Gasteiger partial charge in [-0.15, -0.1) is 11.3 Å². The van der Waals surface area contributed by atoms with Crippen molar-refractivity contribution >= 4 is 34.0 Å². The summed E-state index contributed by atoms with van der Waals surface area (Å²) < 4.78 is 10.6. The van der Waals surface area contributed by atoms with E-state index in [1.807, 2.05) is 66.0 Å². The summed E-state index contributed by atoms with van der Waals surface area (Å²) in [5.74, 6) is -0.887. The number of thiazole rings is 1. The molecule has 1 unspecified atom stereocenters. The van der Waals surface area contributed by atoms with Crippen molar-refractivity contribution in [3.8, 4) is 0 Å². The normalized spacial score (nSPS) is 11.5. The van der Waals surface area contributed by atoms with Gasteiger partial charge in [0.15, 0.2) is 10.9 Å². The number of furan rings is 1. The summed E-state index contributed by atoms with van der Waals surface area (Å²) in [7, 11) is 0. The Morgan fingerprint density at radius 2 is 1.75 bits per heavy atom. The number of amides is 1. The van der Waals surface area contributed by atoms with Crippen LogP contribution in [0.15, 0.2) is 88.9 Å². The molecule has 0 spiro atoms. The summed E-state index contributed by atoms with van der Waals surface area (Å²) >= 11 is 1.42. The molecule has 32 heavy (non-hydrogen) atoms. The zero-order chi connectivity index (χ0) is 22.2. The first-order chi connectivity index (χ1) is 15.7. The average Bonchev–Trinajstić information content (AvgIpc) is 3.51. The average molecular weight is 448 g/mol. The molecule has 2 N–H and O–H groups in total. The lowest BCUT2D eigenvalue weighted by Crippen LogP contribution is -2.43. The van der Waals surface area contributed by atoms with Gasteiger partial charge in [-0.2, -0.15) is 0 Å². The number of aromatic nitrogens is 1. The van der Waals surface area contributed by atoms with Crippen LogP contribution in [0.2, 0.25) is 0 Å². The third kappa shape index (κ3) is 5.83. The van der Waals surface area contributed by atoms with E-state index in [0.29, 0.717) is 17.2 Å². The van der Waals surface area contributed by atoms with Gasteiger partial charge in [0, 0.05) is 17.5 Å². The van der Waals surface area contributed by atoms with Crippen molar-refractivity contribution in [1.82, 2.24) is 10.3 Å². The van der Waals surface area contributed by atoms with E-state index in [1.54, 1.807) is 6.07 Å². The molecular formula is C24H21N3O4S. The first-order valence-corrected chi connectivity index (χ1v) is 10.9. The van der Waals surface area contributed by atoms with Gasteiger partial charge in [0.1, 0.15) is 12.6 Å². The number of para-hydroxylation sites is 1. The number of nitrogens with zero attached hydrogens (tertiary/aromatic N) is 1. The topological polar surface area (TPSA) is 93.5 Å². The van der Waals surface area contributed by atoms with Gasteiger partial charge >= 0.3 is 5.97 Å². The Labute approximate surface area is 189 Å². The summed E-state index contributed by atoms with van der Waals surface area (Å²) in [6, 6.07) is 21.4. The number of esters is 1. The third-order valence-electron chi connectivity index (χ3n) is 4.56. The van der Waals surface area contributed by atoms with Gasteiger partial charge < -0.3 is 19.8 Å². The molecule has 4 aromatic rings. The van der Waals surface area contributed by atoms with Crippen molar-refractivity contribution in [3.63, 3.8) is 0 Å². The van der Waals surface area contributed by atoms with E-state index in [4.69, 9.17) is 9.15 Å². The molecular weight excluding hydrogens is 426 g/mol. The molecule has 8 heteroatoms. The highest BCUT2D eigenvalue weighted by molar-refractivity contribution is 7.13. The first kappa shape index (κ1) is 21.3. The van der Waals surface area contributed by atoms with E-state index < -0.39 is 17.9 Å². The molecule has 0 radical (unpaired) electrons. The number of benzene rings is 2. The number of carbonyl (C=O) groups excluding carboxylic acids is 2. The molecule has 2 aromatic carbocycles. The van der Waals surface area contributed by atoms with Crippen LogP contribution in [0.25, 0.3) is 0 Å². The van der Waals surface area contributed by atoms with Crippen molar-refractivity contribution in [2.75, 3.05) is 5.32 Å². The standard InChI is InChI=1S/C24H21N3O4S/c28-22(21-12-7-13-30-21)27-20(14-17-8-3-1-4-9-17)23(29)31-15-19-16-32-24(26-19)25-18-10-5-2-6-11-18/h1-13,16,20H,14-15H2,(H,25,26)(H,27,28). The molecule has 0 fully saturated rings. The highest BCUT2D eigenvalue weighted by Gasteiger charge is 2.24. The largest absolute Gasteiger partial charge is 0.459 e. The van der Waals surface area contributed by atoms with Gasteiger partial charge in [0.05, 0.1) is 12.0 Å².